The van der Waals surface area contributed by atoms with Gasteiger partial charge in [0.1, 0.15) is 5.82 Å². The van der Waals surface area contributed by atoms with Crippen LogP contribution in [0.1, 0.15) is 81.8 Å². The molecule has 0 aliphatic carbocycles. The van der Waals surface area contributed by atoms with E-state index in [2.05, 4.69) is 84.3 Å². The van der Waals surface area contributed by atoms with Crippen LogP contribution in [0.3, 0.4) is 0 Å². The maximum absolute atomic E-state index is 12.3. The first kappa shape index (κ1) is 38.2. The van der Waals surface area contributed by atoms with Gasteiger partial charge < -0.3 is 29.4 Å². The Hall–Kier alpha value is -4.05. The number of benzene rings is 1. The number of allylic oxidation sites excluding steroid dienone is 1. The fourth-order valence-corrected chi connectivity index (χ4v) is 7.75. The molecule has 3 aliphatic heterocycles. The minimum absolute atomic E-state index is 0.0761. The van der Waals surface area contributed by atoms with Crippen molar-refractivity contribution in [2.24, 2.45) is 11.8 Å². The molecule has 3 aliphatic rings. The third-order valence-electron chi connectivity index (χ3n) is 10.9. The summed E-state index contributed by atoms with van der Waals surface area (Å²) in [6.07, 6.45) is 4.41. The van der Waals surface area contributed by atoms with Gasteiger partial charge in [-0.3, -0.25) is 4.79 Å². The van der Waals surface area contributed by atoms with Gasteiger partial charge in [0.2, 0.25) is 5.88 Å². The van der Waals surface area contributed by atoms with Gasteiger partial charge in [0.05, 0.1) is 24.4 Å². The molecule has 278 valence electrons. The zero-order valence-corrected chi connectivity index (χ0v) is 32.2. The maximum atomic E-state index is 12.3. The van der Waals surface area contributed by atoms with E-state index in [0.29, 0.717) is 30.9 Å². The molecule has 0 radical (unpaired) electrons. The molecule has 2 fully saturated rings. The number of hydrogen-bond acceptors (Lipinski definition) is 8. The molecule has 0 spiro atoms. The Kier molecular flexibility index (Phi) is 13.1. The molecule has 0 amide bonds. The van der Waals surface area contributed by atoms with Crippen LogP contribution >= 0.6 is 0 Å². The first-order valence-electron chi connectivity index (χ1n) is 19.2. The summed E-state index contributed by atoms with van der Waals surface area (Å²) in [5.41, 5.74) is 7.70. The summed E-state index contributed by atoms with van der Waals surface area (Å²) in [6.45, 7) is 24.7. The topological polar surface area (TPSA) is 90.2 Å². The van der Waals surface area contributed by atoms with E-state index in [1.807, 2.05) is 31.5 Å². The molecule has 51 heavy (non-hydrogen) atoms. The zero-order valence-electron chi connectivity index (χ0n) is 32.2. The van der Waals surface area contributed by atoms with Gasteiger partial charge in [0.25, 0.3) is 0 Å². The zero-order chi connectivity index (χ0) is 36.7. The molecule has 3 aromatic rings. The van der Waals surface area contributed by atoms with E-state index in [0.717, 1.165) is 106 Å². The number of anilines is 2. The molecule has 10 nitrogen and oxygen atoms in total. The number of aromatic nitrogens is 3. The second-order valence-corrected chi connectivity index (χ2v) is 14.6. The summed E-state index contributed by atoms with van der Waals surface area (Å²) < 4.78 is 8.22. The first-order chi connectivity index (χ1) is 24.6. The number of likely N-dealkylation sites (tertiary alicyclic amines) is 1. The second kappa shape index (κ2) is 17.4. The Labute approximate surface area is 306 Å². The lowest BCUT2D eigenvalue weighted by atomic mass is 9.93. The monoisotopic (exact) mass is 699 g/mol. The molecule has 10 heteroatoms. The van der Waals surface area contributed by atoms with Gasteiger partial charge in [-0.1, -0.05) is 34.3 Å². The quantitative estimate of drug-likeness (QED) is 0.204. The van der Waals surface area contributed by atoms with E-state index in [-0.39, 0.29) is 12.3 Å². The fourth-order valence-electron chi connectivity index (χ4n) is 7.75. The van der Waals surface area contributed by atoms with Crippen LogP contribution in [0.4, 0.5) is 11.5 Å². The smallest absolute Gasteiger partial charge is 0.304 e. The third kappa shape index (κ3) is 9.44. The third-order valence-corrected chi connectivity index (χ3v) is 10.9. The van der Waals surface area contributed by atoms with Gasteiger partial charge in [-0.05, 0) is 93.5 Å². The molecule has 3 unspecified atom stereocenters. The number of carbonyl (C=O) groups is 1. The molecule has 2 aromatic heterocycles. The molecule has 6 rings (SSSR count). The summed E-state index contributed by atoms with van der Waals surface area (Å²) in [5.74, 6) is 1.64. The van der Waals surface area contributed by atoms with E-state index in [4.69, 9.17) is 14.8 Å². The van der Waals surface area contributed by atoms with Crippen molar-refractivity contribution in [3.63, 3.8) is 0 Å². The summed E-state index contributed by atoms with van der Waals surface area (Å²) in [5, 5.41) is 14.9. The number of hydrogen-bond donors (Lipinski definition) is 1. The number of piperazine rings is 1. The van der Waals surface area contributed by atoms with Crippen LogP contribution in [0.15, 0.2) is 48.7 Å². The van der Waals surface area contributed by atoms with Gasteiger partial charge >= 0.3 is 5.97 Å². The fraction of sp³-hybridized carbons (Fsp3) is 0.585. The SMILES string of the molecule is C=C(C(C)CC)N1CCN(c2cc(C(CC(=O)O)CN3CCC(COc4ccc5c(n4)N(C)CCC5)C3)cc(-n3nc(C)cc3C)c2)CC1.CC. The minimum atomic E-state index is -0.775. The standard InChI is InChI=1S/C39H55N7O3.C2H6/c1-7-27(2)30(5)44-15-17-45(18-16-44)35-20-33(21-36(23-35)46-29(4)19-28(3)41-46)34(22-38(47)48)25-43-14-12-31(24-43)26-49-37-11-10-32-9-8-13-42(6)39(32)40-37;1-2/h10-11,19-21,23,27,31,34H,5,7-9,12-18,22,24-26H2,1-4,6H3,(H,47,48);1-2H3. The molecule has 2 saturated heterocycles. The van der Waals surface area contributed by atoms with Crippen LogP contribution in [0.5, 0.6) is 5.88 Å². The highest BCUT2D eigenvalue weighted by atomic mass is 16.5. The highest BCUT2D eigenvalue weighted by Gasteiger charge is 2.29. The van der Waals surface area contributed by atoms with Gasteiger partial charge in [0.15, 0.2) is 0 Å². The number of carboxylic acid groups (broad SMARTS) is 1. The lowest BCUT2D eigenvalue weighted by Crippen LogP contribution is -2.46. The van der Waals surface area contributed by atoms with Gasteiger partial charge in [0, 0.05) is 87.8 Å². The predicted molar refractivity (Wildman–Crippen MR) is 208 cm³/mol. The highest BCUT2D eigenvalue weighted by Crippen LogP contribution is 2.33. The summed E-state index contributed by atoms with van der Waals surface area (Å²) >= 11 is 0. The second-order valence-electron chi connectivity index (χ2n) is 14.6. The van der Waals surface area contributed by atoms with Crippen LogP contribution < -0.4 is 14.5 Å². The average Bonchev–Trinajstić information content (AvgIpc) is 3.74. The van der Waals surface area contributed by atoms with Crippen molar-refractivity contribution >= 4 is 17.5 Å². The van der Waals surface area contributed by atoms with Gasteiger partial charge in [-0.15, -0.1) is 0 Å². The minimum Gasteiger partial charge on any atom is -0.481 e. The summed E-state index contributed by atoms with van der Waals surface area (Å²) in [4.78, 5) is 26.6. The van der Waals surface area contributed by atoms with Crippen LogP contribution in [0.2, 0.25) is 0 Å². The molecular weight excluding hydrogens is 638 g/mol. The molecule has 0 saturated carbocycles. The lowest BCUT2D eigenvalue weighted by Gasteiger charge is -2.40. The van der Waals surface area contributed by atoms with Crippen molar-refractivity contribution in [1.29, 1.82) is 0 Å². The average molecular weight is 700 g/mol. The maximum Gasteiger partial charge on any atom is 0.304 e. The number of nitrogens with zero attached hydrogens (tertiary/aromatic N) is 7. The summed E-state index contributed by atoms with van der Waals surface area (Å²) in [6, 6.07) is 12.9. The van der Waals surface area contributed by atoms with E-state index >= 15 is 0 Å². The van der Waals surface area contributed by atoms with Crippen molar-refractivity contribution in [1.82, 2.24) is 24.6 Å². The van der Waals surface area contributed by atoms with Crippen LogP contribution in [0, 0.1) is 25.7 Å². The Morgan fingerprint density at radius 1 is 1.04 bits per heavy atom. The number of aliphatic carboxylic acids is 1. The van der Waals surface area contributed by atoms with Crippen LogP contribution in [-0.2, 0) is 11.2 Å². The molecule has 1 N–H and O–H groups in total. The van der Waals surface area contributed by atoms with Crippen molar-refractivity contribution < 1.29 is 14.6 Å². The Balaban J connectivity index is 0.00000248. The van der Waals surface area contributed by atoms with Crippen LogP contribution in [-0.4, -0.2) is 102 Å². The lowest BCUT2D eigenvalue weighted by molar-refractivity contribution is -0.137. The molecular formula is C41H61N7O3. The Morgan fingerprint density at radius 3 is 2.47 bits per heavy atom. The number of rotatable bonds is 13. The number of fused-ring (bicyclic) bond motifs is 1. The van der Waals surface area contributed by atoms with Crippen molar-refractivity contribution in [2.75, 3.05) is 75.8 Å². The number of aryl methyl sites for hydroxylation is 3. The van der Waals surface area contributed by atoms with E-state index in [9.17, 15) is 9.90 Å². The van der Waals surface area contributed by atoms with Crippen LogP contribution in [0.25, 0.3) is 5.69 Å². The van der Waals surface area contributed by atoms with E-state index in [1.165, 1.54) is 11.3 Å². The first-order valence-corrected chi connectivity index (χ1v) is 19.2. The Bertz CT molecular complexity index is 1630. The van der Waals surface area contributed by atoms with E-state index in [1.54, 1.807) is 0 Å². The van der Waals surface area contributed by atoms with Crippen molar-refractivity contribution in [3.05, 3.63) is 71.2 Å². The largest absolute Gasteiger partial charge is 0.481 e. The van der Waals surface area contributed by atoms with E-state index < -0.39 is 5.97 Å². The van der Waals surface area contributed by atoms with Crippen molar-refractivity contribution in [2.45, 2.75) is 79.6 Å². The number of pyridine rings is 1. The molecule has 5 heterocycles. The van der Waals surface area contributed by atoms with Gasteiger partial charge in [-0.25, -0.2) is 4.68 Å². The molecule has 0 bridgehead atoms. The normalized spacial score (nSPS) is 18.9. The predicted octanol–water partition coefficient (Wildman–Crippen LogP) is 6.93. The number of carboxylic acids is 1. The number of ether oxygens (including phenoxy) is 1. The molecule has 1 aromatic carbocycles. The van der Waals surface area contributed by atoms with Crippen molar-refractivity contribution in [3.8, 4) is 11.6 Å². The Morgan fingerprint density at radius 2 is 1.78 bits per heavy atom. The summed E-state index contributed by atoms with van der Waals surface area (Å²) in [7, 11) is 2.10. The highest BCUT2D eigenvalue weighted by molar-refractivity contribution is 5.69. The molecule has 3 atom stereocenters. The van der Waals surface area contributed by atoms with Gasteiger partial charge in [-0.2, -0.15) is 10.1 Å².